The summed E-state index contributed by atoms with van der Waals surface area (Å²) in [4.78, 5) is 40.9. The summed E-state index contributed by atoms with van der Waals surface area (Å²) in [6, 6.07) is 0. The number of rotatable bonds is 4. The van der Waals surface area contributed by atoms with E-state index in [9.17, 15) is 24.5 Å². The van der Waals surface area contributed by atoms with E-state index >= 15 is 0 Å². The van der Waals surface area contributed by atoms with Gasteiger partial charge in [-0.15, -0.1) is 0 Å². The van der Waals surface area contributed by atoms with E-state index in [1.54, 1.807) is 0 Å². The van der Waals surface area contributed by atoms with Gasteiger partial charge in [-0.2, -0.15) is 4.98 Å². The van der Waals surface area contributed by atoms with Gasteiger partial charge in [0.2, 0.25) is 5.95 Å². The Kier molecular flexibility index (Phi) is 4.17. The molecule has 132 valence electrons. The van der Waals surface area contributed by atoms with Crippen LogP contribution < -0.4 is 16.2 Å². The minimum absolute atomic E-state index is 0.00530. The number of anilines is 1. The Labute approximate surface area is 132 Å². The molecule has 14 heteroatoms. The predicted molar refractivity (Wildman–Crippen MR) is 74.3 cm³/mol. The summed E-state index contributed by atoms with van der Waals surface area (Å²) in [5.41, 5.74) is 4.81. The minimum atomic E-state index is -5.01. The molecule has 1 saturated heterocycles. The summed E-state index contributed by atoms with van der Waals surface area (Å²) in [6.45, 7) is -0.714. The molecular weight excluding hydrogens is 349 g/mol. The van der Waals surface area contributed by atoms with Gasteiger partial charge in [-0.1, -0.05) is 0 Å². The second-order valence-electron chi connectivity index (χ2n) is 5.09. The van der Waals surface area contributed by atoms with Crippen molar-refractivity contribution in [2.45, 2.75) is 24.5 Å². The number of aliphatic hydroxyl groups is 2. The van der Waals surface area contributed by atoms with Crippen LogP contribution in [-0.2, 0) is 13.8 Å². The molecular formula is C10H13N5O8P-. The van der Waals surface area contributed by atoms with Gasteiger partial charge in [-0.25, -0.2) is 4.98 Å². The lowest BCUT2D eigenvalue weighted by molar-refractivity contribution is -0.222. The highest BCUT2D eigenvalue weighted by Crippen LogP contribution is 2.35. The molecule has 24 heavy (non-hydrogen) atoms. The Morgan fingerprint density at radius 1 is 1.50 bits per heavy atom. The van der Waals surface area contributed by atoms with E-state index in [1.807, 2.05) is 0 Å². The number of nitrogen functional groups attached to an aromatic ring is 1. The maximum absolute atomic E-state index is 11.7. The molecule has 3 heterocycles. The number of hydrogen-bond donors (Lipinski definition) is 5. The largest absolute Gasteiger partial charge is 0.756 e. The van der Waals surface area contributed by atoms with Crippen molar-refractivity contribution in [2.75, 3.05) is 12.3 Å². The van der Waals surface area contributed by atoms with Crippen LogP contribution in [0.1, 0.15) is 6.23 Å². The van der Waals surface area contributed by atoms with Gasteiger partial charge >= 0.3 is 0 Å². The summed E-state index contributed by atoms with van der Waals surface area (Å²) in [7, 11) is -5.01. The van der Waals surface area contributed by atoms with E-state index in [2.05, 4.69) is 19.5 Å². The Morgan fingerprint density at radius 3 is 2.88 bits per heavy atom. The Bertz CT molecular complexity index is 861. The van der Waals surface area contributed by atoms with Crippen LogP contribution in [0.3, 0.4) is 0 Å². The molecule has 2 aromatic heterocycles. The molecule has 5 atom stereocenters. The van der Waals surface area contributed by atoms with Crippen molar-refractivity contribution in [3.63, 3.8) is 0 Å². The highest BCUT2D eigenvalue weighted by Gasteiger charge is 2.44. The minimum Gasteiger partial charge on any atom is -0.756 e. The number of hydrogen-bond acceptors (Lipinski definition) is 10. The number of nitrogens with two attached hydrogens (primary N) is 1. The number of aliphatic hydroxyl groups excluding tert-OH is 2. The number of ether oxygens (including phenoxy) is 1. The third-order valence-corrected chi connectivity index (χ3v) is 3.94. The van der Waals surface area contributed by atoms with Gasteiger partial charge < -0.3 is 35.0 Å². The molecule has 1 aliphatic heterocycles. The number of aromatic nitrogens is 4. The Balaban J connectivity index is 1.90. The molecule has 2 aromatic rings. The van der Waals surface area contributed by atoms with Gasteiger partial charge in [0.1, 0.15) is 18.3 Å². The fourth-order valence-electron chi connectivity index (χ4n) is 2.39. The molecule has 0 amide bonds. The van der Waals surface area contributed by atoms with Crippen LogP contribution in [0.15, 0.2) is 11.1 Å². The SMILES string of the molecule is Nc1nc2c(ncn2C2OC(COP(=O)([O-])O)C(O)C2O)c(=O)[nH]1. The first-order chi connectivity index (χ1) is 11.2. The number of nitrogens with zero attached hydrogens (tertiary/aromatic N) is 3. The molecule has 6 N–H and O–H groups in total. The maximum Gasteiger partial charge on any atom is 0.280 e. The van der Waals surface area contributed by atoms with E-state index < -0.39 is 44.5 Å². The molecule has 5 unspecified atom stereocenters. The number of imidazole rings is 1. The van der Waals surface area contributed by atoms with E-state index in [1.165, 1.54) is 4.57 Å². The lowest BCUT2D eigenvalue weighted by atomic mass is 10.1. The number of phosphoric acid groups is 1. The van der Waals surface area contributed by atoms with Crippen LogP contribution in [0.25, 0.3) is 11.2 Å². The van der Waals surface area contributed by atoms with Crippen molar-refractivity contribution in [1.29, 1.82) is 0 Å². The van der Waals surface area contributed by atoms with Crippen LogP contribution in [0.4, 0.5) is 5.95 Å². The fourth-order valence-corrected chi connectivity index (χ4v) is 2.73. The Hall–Kier alpha value is -1.86. The van der Waals surface area contributed by atoms with Crippen LogP contribution >= 0.6 is 7.82 Å². The van der Waals surface area contributed by atoms with Gasteiger partial charge in [0.25, 0.3) is 13.4 Å². The van der Waals surface area contributed by atoms with Gasteiger partial charge in [-0.05, 0) is 0 Å². The molecule has 0 saturated carbocycles. The van der Waals surface area contributed by atoms with Crippen LogP contribution in [0.2, 0.25) is 0 Å². The first-order valence-corrected chi connectivity index (χ1v) is 8.09. The van der Waals surface area contributed by atoms with Crippen LogP contribution in [-0.4, -0.2) is 59.5 Å². The van der Waals surface area contributed by atoms with E-state index in [-0.39, 0.29) is 17.1 Å². The fraction of sp³-hybridized carbons (Fsp3) is 0.500. The summed E-state index contributed by atoms with van der Waals surface area (Å²) in [6.07, 6.45) is -4.34. The number of nitrogens with one attached hydrogen (secondary N) is 1. The number of aromatic amines is 1. The lowest BCUT2D eigenvalue weighted by Gasteiger charge is -2.20. The third-order valence-electron chi connectivity index (χ3n) is 3.46. The Morgan fingerprint density at radius 2 is 2.21 bits per heavy atom. The van der Waals surface area contributed by atoms with Gasteiger partial charge in [0.05, 0.1) is 12.9 Å². The van der Waals surface area contributed by atoms with E-state index in [0.717, 1.165) is 6.33 Å². The topological polar surface area (TPSA) is 209 Å². The van der Waals surface area contributed by atoms with Crippen LogP contribution in [0.5, 0.6) is 0 Å². The quantitative estimate of drug-likeness (QED) is 0.342. The zero-order valence-corrected chi connectivity index (χ0v) is 12.7. The molecule has 0 aromatic carbocycles. The van der Waals surface area contributed by atoms with Crippen molar-refractivity contribution in [2.24, 2.45) is 0 Å². The lowest BCUT2D eigenvalue weighted by Crippen LogP contribution is -2.34. The van der Waals surface area contributed by atoms with Gasteiger partial charge in [-0.3, -0.25) is 18.9 Å². The summed E-state index contributed by atoms with van der Waals surface area (Å²) < 4.78 is 21.3. The predicted octanol–water partition coefficient (Wildman–Crippen LogP) is -3.20. The first kappa shape index (κ1) is 17.0. The highest BCUT2D eigenvalue weighted by molar-refractivity contribution is 7.44. The monoisotopic (exact) mass is 362 g/mol. The molecule has 0 radical (unpaired) electrons. The van der Waals surface area contributed by atoms with Crippen molar-refractivity contribution in [3.8, 4) is 0 Å². The summed E-state index contributed by atoms with van der Waals surface area (Å²) in [5.74, 6) is -0.185. The van der Waals surface area contributed by atoms with Crippen LogP contribution in [0, 0.1) is 0 Å². The second kappa shape index (κ2) is 5.89. The molecule has 0 bridgehead atoms. The normalized spacial score (nSPS) is 29.8. The molecule has 0 aliphatic carbocycles. The highest BCUT2D eigenvalue weighted by atomic mass is 31.2. The summed E-state index contributed by atoms with van der Waals surface area (Å²) in [5, 5.41) is 20.0. The average Bonchev–Trinajstić information content (AvgIpc) is 3.00. The molecule has 1 fully saturated rings. The maximum atomic E-state index is 11.7. The summed E-state index contributed by atoms with van der Waals surface area (Å²) >= 11 is 0. The van der Waals surface area contributed by atoms with E-state index in [4.69, 9.17) is 15.4 Å². The van der Waals surface area contributed by atoms with Crippen molar-refractivity contribution in [3.05, 3.63) is 16.7 Å². The standard InChI is InChI=1S/C10H14N5O8P/c11-10-13-7-4(8(18)14-10)12-2-15(7)9-6(17)5(16)3(23-9)1-22-24(19,20)21/h2-3,5-6,9,16-17H,1H2,(H2,19,20,21)(H3,11,13,14,18)/p-1. The first-order valence-electron chi connectivity index (χ1n) is 6.59. The average molecular weight is 362 g/mol. The van der Waals surface area contributed by atoms with Crippen molar-refractivity contribution >= 4 is 24.9 Å². The number of H-pyrrole nitrogens is 1. The number of phosphoric ester groups is 1. The zero-order chi connectivity index (χ0) is 17.6. The molecule has 3 rings (SSSR count). The van der Waals surface area contributed by atoms with Crippen molar-refractivity contribution in [1.82, 2.24) is 19.5 Å². The molecule has 1 aliphatic rings. The third kappa shape index (κ3) is 3.06. The number of fused-ring (bicyclic) bond motifs is 1. The van der Waals surface area contributed by atoms with Gasteiger partial charge in [0.15, 0.2) is 17.4 Å². The second-order valence-corrected chi connectivity index (χ2v) is 6.28. The van der Waals surface area contributed by atoms with E-state index in [0.29, 0.717) is 0 Å². The van der Waals surface area contributed by atoms with Crippen molar-refractivity contribution < 1.29 is 33.8 Å². The zero-order valence-electron chi connectivity index (χ0n) is 11.8. The molecule has 13 nitrogen and oxygen atoms in total. The smallest absolute Gasteiger partial charge is 0.280 e. The van der Waals surface area contributed by atoms with Gasteiger partial charge in [0, 0.05) is 0 Å². The molecule has 0 spiro atoms.